The van der Waals surface area contributed by atoms with Crippen LogP contribution in [0.25, 0.3) is 0 Å². The second kappa shape index (κ2) is 2.68. The van der Waals surface area contributed by atoms with Crippen LogP contribution in [0, 0.1) is 5.92 Å². The summed E-state index contributed by atoms with van der Waals surface area (Å²) < 4.78 is 5.01. The van der Waals surface area contributed by atoms with Gasteiger partial charge in [-0.2, -0.15) is 0 Å². The van der Waals surface area contributed by atoms with Gasteiger partial charge in [0.1, 0.15) is 6.10 Å². The van der Waals surface area contributed by atoms with Crippen LogP contribution in [0.4, 0.5) is 0 Å². The number of hydrogen-bond acceptors (Lipinski definition) is 2. The van der Waals surface area contributed by atoms with E-state index in [2.05, 4.69) is 12.2 Å². The van der Waals surface area contributed by atoms with Crippen LogP contribution in [0.3, 0.4) is 0 Å². The largest absolute Gasteiger partial charge is 0.461 e. The minimum Gasteiger partial charge on any atom is -0.461 e. The van der Waals surface area contributed by atoms with Crippen molar-refractivity contribution in [2.75, 3.05) is 0 Å². The molecule has 0 aromatic heterocycles. The average Bonchev–Trinajstić information content (AvgIpc) is 1.96. The number of hydrogen-bond donors (Lipinski definition) is 0. The fourth-order valence-corrected chi connectivity index (χ4v) is 1.73. The zero-order valence-corrected chi connectivity index (χ0v) is 6.45. The van der Waals surface area contributed by atoms with Gasteiger partial charge < -0.3 is 4.74 Å². The summed E-state index contributed by atoms with van der Waals surface area (Å²) in [5, 5.41) is 0. The van der Waals surface area contributed by atoms with Crippen LogP contribution in [0.15, 0.2) is 12.2 Å². The number of fused-ring (bicyclic) bond motifs is 1. The number of ether oxygens (including phenoxy) is 1. The van der Waals surface area contributed by atoms with Crippen molar-refractivity contribution in [3.05, 3.63) is 12.2 Å². The van der Waals surface area contributed by atoms with Gasteiger partial charge in [0.25, 0.3) is 0 Å². The van der Waals surface area contributed by atoms with Gasteiger partial charge in [-0.25, -0.2) is 0 Å². The second-order valence-electron chi connectivity index (χ2n) is 3.21. The summed E-state index contributed by atoms with van der Waals surface area (Å²) in [6.45, 7) is 0. The maximum Gasteiger partial charge on any atom is 0.313 e. The fourth-order valence-electron chi connectivity index (χ4n) is 1.73. The smallest absolute Gasteiger partial charge is 0.313 e. The van der Waals surface area contributed by atoms with Gasteiger partial charge in [-0.15, -0.1) is 0 Å². The Morgan fingerprint density at radius 2 is 2.00 bits per heavy atom. The van der Waals surface area contributed by atoms with Crippen LogP contribution >= 0.6 is 0 Å². The number of carbonyl (C=O) groups is 1. The molecule has 0 N–H and O–H groups in total. The van der Waals surface area contributed by atoms with Crippen molar-refractivity contribution in [2.24, 2.45) is 5.92 Å². The first kappa shape index (κ1) is 6.89. The molecule has 11 heavy (non-hydrogen) atoms. The molecular formula is C9H12O2. The molecule has 60 valence electrons. The molecule has 1 aliphatic carbocycles. The zero-order valence-electron chi connectivity index (χ0n) is 6.45. The predicted molar refractivity (Wildman–Crippen MR) is 41.0 cm³/mol. The standard InChI is InChI=1S/C9H12O2/c10-9-7-5-3-1-2-4-6-8(7)11-9/h1-2,7-8H,3-6H2/b2-1-/t7-,8-/m0/s1. The van der Waals surface area contributed by atoms with Crippen LogP contribution in [0.2, 0.25) is 0 Å². The number of allylic oxidation sites excluding steroid dienone is 2. The summed E-state index contributed by atoms with van der Waals surface area (Å²) in [7, 11) is 0. The summed E-state index contributed by atoms with van der Waals surface area (Å²) >= 11 is 0. The molecule has 2 atom stereocenters. The third-order valence-corrected chi connectivity index (χ3v) is 2.45. The minimum absolute atomic E-state index is 0.0188. The van der Waals surface area contributed by atoms with Gasteiger partial charge in [0.15, 0.2) is 0 Å². The van der Waals surface area contributed by atoms with Crippen LogP contribution < -0.4 is 0 Å². The molecule has 0 spiro atoms. The van der Waals surface area contributed by atoms with Gasteiger partial charge in [0.2, 0.25) is 0 Å². The first-order valence-corrected chi connectivity index (χ1v) is 4.23. The van der Waals surface area contributed by atoms with E-state index in [1.54, 1.807) is 0 Å². The highest BCUT2D eigenvalue weighted by molar-refractivity contribution is 5.78. The van der Waals surface area contributed by atoms with E-state index in [0.29, 0.717) is 0 Å². The molecule has 0 unspecified atom stereocenters. The molecule has 2 heteroatoms. The molecule has 2 aliphatic rings. The Hall–Kier alpha value is -0.790. The first-order chi connectivity index (χ1) is 5.38. The van der Waals surface area contributed by atoms with E-state index in [9.17, 15) is 4.79 Å². The Balaban J connectivity index is 2.00. The van der Waals surface area contributed by atoms with Crippen LogP contribution in [-0.2, 0) is 9.53 Å². The van der Waals surface area contributed by atoms with Gasteiger partial charge in [0.05, 0.1) is 5.92 Å². The molecule has 2 nitrogen and oxygen atoms in total. The SMILES string of the molecule is O=C1O[C@H]2CC/C=C\CC[C@H]12. The lowest BCUT2D eigenvalue weighted by atomic mass is 9.87. The van der Waals surface area contributed by atoms with Crippen molar-refractivity contribution in [1.82, 2.24) is 0 Å². The Bertz CT molecular complexity index is 196. The van der Waals surface area contributed by atoms with Crippen molar-refractivity contribution < 1.29 is 9.53 Å². The summed E-state index contributed by atoms with van der Waals surface area (Å²) in [6, 6.07) is 0. The first-order valence-electron chi connectivity index (χ1n) is 4.23. The summed E-state index contributed by atoms with van der Waals surface area (Å²) in [4.78, 5) is 10.9. The molecule has 0 radical (unpaired) electrons. The lowest BCUT2D eigenvalue weighted by Crippen LogP contribution is -2.45. The molecule has 1 saturated heterocycles. The maximum absolute atomic E-state index is 10.9. The molecule has 0 saturated carbocycles. The van der Waals surface area contributed by atoms with Gasteiger partial charge in [-0.3, -0.25) is 4.79 Å². The fraction of sp³-hybridized carbons (Fsp3) is 0.667. The van der Waals surface area contributed by atoms with Gasteiger partial charge >= 0.3 is 5.97 Å². The molecule has 0 aromatic carbocycles. The van der Waals surface area contributed by atoms with E-state index in [1.165, 1.54) is 0 Å². The van der Waals surface area contributed by atoms with E-state index in [-0.39, 0.29) is 18.0 Å². The summed E-state index contributed by atoms with van der Waals surface area (Å²) in [5.74, 6) is 0.241. The Labute approximate surface area is 66.2 Å². The van der Waals surface area contributed by atoms with Gasteiger partial charge in [-0.05, 0) is 25.7 Å². The molecule has 0 amide bonds. The molecule has 1 aliphatic heterocycles. The lowest BCUT2D eigenvalue weighted by Gasteiger charge is -2.35. The quantitative estimate of drug-likeness (QED) is 0.390. The Kier molecular flexibility index (Phi) is 1.68. The Morgan fingerprint density at radius 1 is 1.27 bits per heavy atom. The van der Waals surface area contributed by atoms with Gasteiger partial charge in [-0.1, -0.05) is 12.2 Å². The molecular weight excluding hydrogens is 140 g/mol. The van der Waals surface area contributed by atoms with Crippen LogP contribution in [0.5, 0.6) is 0 Å². The van der Waals surface area contributed by atoms with E-state index in [4.69, 9.17) is 4.74 Å². The van der Waals surface area contributed by atoms with Crippen molar-refractivity contribution in [2.45, 2.75) is 31.8 Å². The van der Waals surface area contributed by atoms with Crippen molar-refractivity contribution in [1.29, 1.82) is 0 Å². The summed E-state index contributed by atoms with van der Waals surface area (Å²) in [6.07, 6.45) is 8.70. The Morgan fingerprint density at radius 3 is 2.73 bits per heavy atom. The maximum atomic E-state index is 10.9. The third kappa shape index (κ3) is 1.17. The highest BCUT2D eigenvalue weighted by Gasteiger charge is 2.41. The molecule has 2 rings (SSSR count). The summed E-state index contributed by atoms with van der Waals surface area (Å²) in [5.41, 5.74) is 0. The van der Waals surface area contributed by atoms with Crippen molar-refractivity contribution >= 4 is 5.97 Å². The molecule has 1 heterocycles. The average molecular weight is 152 g/mol. The van der Waals surface area contributed by atoms with E-state index < -0.39 is 0 Å². The topological polar surface area (TPSA) is 26.3 Å². The zero-order chi connectivity index (χ0) is 7.68. The monoisotopic (exact) mass is 152 g/mol. The van der Waals surface area contributed by atoms with Crippen LogP contribution in [-0.4, -0.2) is 12.1 Å². The number of carbonyl (C=O) groups excluding carboxylic acids is 1. The molecule has 0 aromatic rings. The van der Waals surface area contributed by atoms with E-state index in [1.807, 2.05) is 0 Å². The normalized spacial score (nSPS) is 39.1. The lowest BCUT2D eigenvalue weighted by molar-refractivity contribution is -0.185. The van der Waals surface area contributed by atoms with Crippen LogP contribution in [0.1, 0.15) is 25.7 Å². The number of rotatable bonds is 0. The second-order valence-corrected chi connectivity index (χ2v) is 3.21. The highest BCUT2D eigenvalue weighted by atomic mass is 16.6. The minimum atomic E-state index is 0.0188. The third-order valence-electron chi connectivity index (χ3n) is 2.45. The predicted octanol–water partition coefficient (Wildman–Crippen LogP) is 1.66. The molecule has 1 fully saturated rings. The van der Waals surface area contributed by atoms with Crippen molar-refractivity contribution in [3.63, 3.8) is 0 Å². The number of esters is 1. The van der Waals surface area contributed by atoms with Crippen molar-refractivity contribution in [3.8, 4) is 0 Å². The van der Waals surface area contributed by atoms with Gasteiger partial charge in [0, 0.05) is 0 Å². The highest BCUT2D eigenvalue weighted by Crippen LogP contribution is 2.31. The van der Waals surface area contributed by atoms with E-state index >= 15 is 0 Å². The molecule has 0 bridgehead atoms. The van der Waals surface area contributed by atoms with E-state index in [0.717, 1.165) is 25.7 Å².